The number of carbonyl (C=O) groups is 1. The first kappa shape index (κ1) is 10.4. The fraction of sp³-hybridized carbons (Fsp3) is 0.182. The molecule has 2 heterocycles. The summed E-state index contributed by atoms with van der Waals surface area (Å²) >= 11 is 0. The molecule has 16 heavy (non-hydrogen) atoms. The third-order valence-electron chi connectivity index (χ3n) is 2.52. The van der Waals surface area contributed by atoms with Crippen molar-refractivity contribution < 1.29 is 9.53 Å². The number of fused-ring (bicyclic) bond motifs is 1. The van der Waals surface area contributed by atoms with Crippen LogP contribution in [-0.4, -0.2) is 17.5 Å². The second kappa shape index (κ2) is 3.77. The van der Waals surface area contributed by atoms with Crippen molar-refractivity contribution in [1.82, 2.24) is 4.40 Å². The molecule has 82 valence electrons. The van der Waals surface area contributed by atoms with Crippen LogP contribution in [0.25, 0.3) is 5.52 Å². The molecule has 0 aliphatic carbocycles. The molecule has 0 unspecified atom stereocenters. The van der Waals surface area contributed by atoms with E-state index < -0.39 is 5.97 Å². The maximum atomic E-state index is 11.6. The van der Waals surface area contributed by atoms with Crippen LogP contribution in [0, 0.1) is 11.8 Å². The van der Waals surface area contributed by atoms with E-state index in [0.29, 0.717) is 16.8 Å². The molecular weight excluding hydrogens is 208 g/mol. The van der Waals surface area contributed by atoms with Crippen molar-refractivity contribution >= 4 is 17.2 Å². The van der Waals surface area contributed by atoms with Gasteiger partial charge in [-0.1, -0.05) is 6.07 Å². The number of pyridine rings is 1. The molecule has 0 amide bonds. The van der Waals surface area contributed by atoms with Gasteiger partial charge >= 0.3 is 5.97 Å². The number of hydrogen-bond acceptors (Lipinski definition) is 4. The summed E-state index contributed by atoms with van der Waals surface area (Å²) in [5.74, 6) is -0.478. The summed E-state index contributed by atoms with van der Waals surface area (Å²) in [7, 11) is 1.30. The normalized spacial score (nSPS) is 10.4. The molecule has 0 atom stereocenters. The Kier molecular flexibility index (Phi) is 2.44. The Morgan fingerprint density at radius 1 is 1.44 bits per heavy atom. The van der Waals surface area contributed by atoms with E-state index in [4.69, 9.17) is 0 Å². The molecule has 5 heteroatoms. The van der Waals surface area contributed by atoms with E-state index in [1.54, 1.807) is 35.7 Å². The standard InChI is InChI=1S/C11H10N2O3/c1-7-9(12-15)8-5-3-4-6-13(8)10(7)11(14)16-2/h3-6H,1-2H3. The number of aromatic nitrogens is 1. The number of esters is 1. The van der Waals surface area contributed by atoms with E-state index in [1.807, 2.05) is 0 Å². The molecule has 2 aromatic heterocycles. The first-order valence-electron chi connectivity index (χ1n) is 4.72. The lowest BCUT2D eigenvalue weighted by Gasteiger charge is -2.00. The largest absolute Gasteiger partial charge is 0.464 e. The molecule has 0 N–H and O–H groups in total. The Hall–Kier alpha value is -2.17. The van der Waals surface area contributed by atoms with Crippen LogP contribution in [0.4, 0.5) is 5.69 Å². The minimum Gasteiger partial charge on any atom is -0.464 e. The van der Waals surface area contributed by atoms with E-state index in [-0.39, 0.29) is 5.69 Å². The number of nitroso groups, excluding NO2 is 1. The quantitative estimate of drug-likeness (QED) is 0.574. The van der Waals surface area contributed by atoms with Crippen LogP contribution >= 0.6 is 0 Å². The summed E-state index contributed by atoms with van der Waals surface area (Å²) in [6.07, 6.45) is 1.70. The van der Waals surface area contributed by atoms with Gasteiger partial charge in [0.15, 0.2) is 0 Å². The van der Waals surface area contributed by atoms with Gasteiger partial charge in [-0.15, -0.1) is 4.91 Å². The summed E-state index contributed by atoms with van der Waals surface area (Å²) in [4.78, 5) is 22.3. The van der Waals surface area contributed by atoms with Gasteiger partial charge in [-0.2, -0.15) is 0 Å². The molecule has 2 rings (SSSR count). The van der Waals surface area contributed by atoms with Crippen molar-refractivity contribution in [2.24, 2.45) is 5.18 Å². The van der Waals surface area contributed by atoms with Gasteiger partial charge in [0, 0.05) is 11.8 Å². The van der Waals surface area contributed by atoms with Crippen molar-refractivity contribution in [2.75, 3.05) is 7.11 Å². The topological polar surface area (TPSA) is 60.1 Å². The molecule has 0 aliphatic rings. The highest BCUT2D eigenvalue weighted by Gasteiger charge is 2.21. The minimum absolute atomic E-state index is 0.279. The fourth-order valence-electron chi connectivity index (χ4n) is 1.78. The molecular formula is C11H10N2O3. The van der Waals surface area contributed by atoms with E-state index >= 15 is 0 Å². The van der Waals surface area contributed by atoms with Gasteiger partial charge in [-0.05, 0) is 24.2 Å². The van der Waals surface area contributed by atoms with E-state index in [9.17, 15) is 9.70 Å². The molecule has 0 saturated carbocycles. The molecule has 0 radical (unpaired) electrons. The second-order valence-corrected chi connectivity index (χ2v) is 3.36. The number of hydrogen-bond donors (Lipinski definition) is 0. The van der Waals surface area contributed by atoms with Crippen molar-refractivity contribution in [1.29, 1.82) is 0 Å². The fourth-order valence-corrected chi connectivity index (χ4v) is 1.78. The minimum atomic E-state index is -0.478. The molecule has 0 aromatic carbocycles. The molecule has 0 bridgehead atoms. The summed E-state index contributed by atoms with van der Waals surface area (Å²) < 4.78 is 6.29. The predicted molar refractivity (Wildman–Crippen MR) is 58.9 cm³/mol. The van der Waals surface area contributed by atoms with Crippen LogP contribution in [0.2, 0.25) is 0 Å². The zero-order valence-electron chi connectivity index (χ0n) is 8.93. The van der Waals surface area contributed by atoms with Crippen LogP contribution < -0.4 is 0 Å². The average Bonchev–Trinajstić information content (AvgIpc) is 2.60. The number of nitrogens with zero attached hydrogens (tertiary/aromatic N) is 2. The second-order valence-electron chi connectivity index (χ2n) is 3.36. The van der Waals surface area contributed by atoms with E-state index in [2.05, 4.69) is 9.91 Å². The summed E-state index contributed by atoms with van der Waals surface area (Å²) in [6.45, 7) is 1.68. The Morgan fingerprint density at radius 3 is 2.81 bits per heavy atom. The van der Waals surface area contributed by atoms with Crippen molar-refractivity contribution in [3.63, 3.8) is 0 Å². The van der Waals surface area contributed by atoms with Gasteiger partial charge in [0.25, 0.3) is 0 Å². The average molecular weight is 218 g/mol. The van der Waals surface area contributed by atoms with Gasteiger partial charge in [0.05, 0.1) is 12.6 Å². The number of rotatable bonds is 2. The maximum absolute atomic E-state index is 11.6. The highest BCUT2D eigenvalue weighted by Crippen LogP contribution is 2.30. The molecule has 5 nitrogen and oxygen atoms in total. The predicted octanol–water partition coefficient (Wildman–Crippen LogP) is 2.43. The summed E-state index contributed by atoms with van der Waals surface area (Å²) in [6, 6.07) is 5.29. The number of carbonyl (C=O) groups excluding carboxylic acids is 1. The summed E-state index contributed by atoms with van der Waals surface area (Å²) in [5.41, 5.74) is 1.76. The Labute approximate surface area is 91.6 Å². The van der Waals surface area contributed by atoms with Crippen LogP contribution in [0.15, 0.2) is 29.6 Å². The third-order valence-corrected chi connectivity index (χ3v) is 2.52. The molecule has 0 spiro atoms. The maximum Gasteiger partial charge on any atom is 0.355 e. The van der Waals surface area contributed by atoms with Crippen molar-refractivity contribution in [2.45, 2.75) is 6.92 Å². The smallest absolute Gasteiger partial charge is 0.355 e. The lowest BCUT2D eigenvalue weighted by atomic mass is 10.2. The van der Waals surface area contributed by atoms with Crippen LogP contribution in [0.3, 0.4) is 0 Å². The molecule has 2 aromatic rings. The first-order valence-corrected chi connectivity index (χ1v) is 4.72. The molecule has 0 saturated heterocycles. The first-order chi connectivity index (χ1) is 7.70. The van der Waals surface area contributed by atoms with Crippen LogP contribution in [-0.2, 0) is 4.74 Å². The van der Waals surface area contributed by atoms with Gasteiger partial charge < -0.3 is 9.14 Å². The van der Waals surface area contributed by atoms with Crippen LogP contribution in [0.5, 0.6) is 0 Å². The van der Waals surface area contributed by atoms with Crippen LogP contribution in [0.1, 0.15) is 16.1 Å². The third kappa shape index (κ3) is 1.29. The Balaban J connectivity index is 2.87. The van der Waals surface area contributed by atoms with Crippen molar-refractivity contribution in [3.05, 3.63) is 40.6 Å². The molecule has 0 aliphatic heterocycles. The molecule has 0 fully saturated rings. The zero-order valence-corrected chi connectivity index (χ0v) is 8.93. The van der Waals surface area contributed by atoms with Gasteiger partial charge in [0.1, 0.15) is 11.4 Å². The van der Waals surface area contributed by atoms with Gasteiger partial charge in [-0.25, -0.2) is 4.79 Å². The highest BCUT2D eigenvalue weighted by atomic mass is 16.5. The van der Waals surface area contributed by atoms with Gasteiger partial charge in [-0.3, -0.25) is 0 Å². The van der Waals surface area contributed by atoms with E-state index in [1.165, 1.54) is 7.11 Å². The lowest BCUT2D eigenvalue weighted by molar-refractivity contribution is 0.0592. The van der Waals surface area contributed by atoms with Gasteiger partial charge in [0.2, 0.25) is 0 Å². The Morgan fingerprint density at radius 2 is 2.19 bits per heavy atom. The Bertz CT molecular complexity index is 572. The monoisotopic (exact) mass is 218 g/mol. The van der Waals surface area contributed by atoms with Crippen molar-refractivity contribution in [3.8, 4) is 0 Å². The summed E-state index contributed by atoms with van der Waals surface area (Å²) in [5, 5.41) is 2.96. The highest BCUT2D eigenvalue weighted by molar-refractivity contribution is 5.95. The lowest BCUT2D eigenvalue weighted by Crippen LogP contribution is -2.06. The number of ether oxygens (including phenoxy) is 1. The zero-order chi connectivity index (χ0) is 11.7. The number of methoxy groups -OCH3 is 1. The van der Waals surface area contributed by atoms with E-state index in [0.717, 1.165) is 0 Å². The SMILES string of the molecule is COC(=O)c1c(C)c(N=O)c2ccccn12.